The van der Waals surface area contributed by atoms with E-state index in [4.69, 9.17) is 18.9 Å². The van der Waals surface area contributed by atoms with Gasteiger partial charge in [0.05, 0.1) is 35.1 Å². The van der Waals surface area contributed by atoms with Crippen LogP contribution in [0.5, 0.6) is 17.2 Å². The molecule has 0 aliphatic carbocycles. The van der Waals surface area contributed by atoms with Gasteiger partial charge in [-0.1, -0.05) is 50.1 Å². The summed E-state index contributed by atoms with van der Waals surface area (Å²) in [6.07, 6.45) is 1.50. The average molecular weight is 856 g/mol. The number of urea groups is 1. The highest BCUT2D eigenvalue weighted by Gasteiger charge is 2.32. The molecule has 3 amide bonds. The maximum atomic E-state index is 12.6. The van der Waals surface area contributed by atoms with Crippen LogP contribution in [0.2, 0.25) is 0 Å². The Labute approximate surface area is 290 Å². The standard InChI is InChI=1S/C31H29Br2IN4O7/c1-4-43-30(40)27-17(2)36-31(41)37-28(27)19-7-10-24(25(12-19)42-3)44-16-26(39)38-35-14-20-11-22(33)13-23(34)29(20)45-15-18-5-8-21(32)9-6-18/h5-14,28H,4,15-16H2,1-3H3,(H,38,39)(H2,36,37,41)/b35-14+/t28-/m0/s1. The lowest BCUT2D eigenvalue weighted by molar-refractivity contribution is -0.139. The van der Waals surface area contributed by atoms with E-state index >= 15 is 0 Å². The summed E-state index contributed by atoms with van der Waals surface area (Å²) in [5, 5.41) is 9.43. The first-order valence-corrected chi connectivity index (χ1v) is 16.2. The normalized spacial score (nSPS) is 14.4. The van der Waals surface area contributed by atoms with Gasteiger partial charge in [-0.15, -0.1) is 0 Å². The minimum Gasteiger partial charge on any atom is -0.493 e. The Morgan fingerprint density at radius 1 is 1.04 bits per heavy atom. The second kappa shape index (κ2) is 16.1. The van der Waals surface area contributed by atoms with Gasteiger partial charge in [0, 0.05) is 20.2 Å². The Morgan fingerprint density at radius 2 is 1.80 bits per heavy atom. The molecule has 0 unspecified atom stereocenters. The molecule has 11 nitrogen and oxygen atoms in total. The third kappa shape index (κ3) is 9.20. The monoisotopic (exact) mass is 854 g/mol. The molecule has 0 fully saturated rings. The van der Waals surface area contributed by atoms with Gasteiger partial charge in [-0.2, -0.15) is 5.10 Å². The van der Waals surface area contributed by atoms with Crippen LogP contribution in [0.4, 0.5) is 4.79 Å². The molecule has 1 aliphatic rings. The Kier molecular flexibility index (Phi) is 12.2. The van der Waals surface area contributed by atoms with Gasteiger partial charge in [-0.3, -0.25) is 4.79 Å². The van der Waals surface area contributed by atoms with E-state index in [1.165, 1.54) is 13.3 Å². The van der Waals surface area contributed by atoms with Crippen molar-refractivity contribution in [3.8, 4) is 17.2 Å². The number of hydrogen-bond acceptors (Lipinski definition) is 8. The number of esters is 1. The number of allylic oxidation sites excluding steroid dienone is 1. The number of nitrogens with one attached hydrogen (secondary N) is 3. The maximum absolute atomic E-state index is 12.6. The van der Waals surface area contributed by atoms with Gasteiger partial charge < -0.3 is 29.6 Å². The molecule has 236 valence electrons. The molecule has 45 heavy (non-hydrogen) atoms. The predicted molar refractivity (Wildman–Crippen MR) is 183 cm³/mol. The topological polar surface area (TPSA) is 137 Å². The molecular weight excluding hydrogens is 827 g/mol. The summed E-state index contributed by atoms with van der Waals surface area (Å²) in [5.41, 5.74) is 5.35. The van der Waals surface area contributed by atoms with E-state index in [-0.39, 0.29) is 24.5 Å². The summed E-state index contributed by atoms with van der Waals surface area (Å²) in [6.45, 7) is 3.52. The number of methoxy groups -OCH3 is 1. The number of carbonyl (C=O) groups excluding carboxylic acids is 3. The van der Waals surface area contributed by atoms with Crippen LogP contribution < -0.4 is 30.3 Å². The zero-order chi connectivity index (χ0) is 32.5. The van der Waals surface area contributed by atoms with Crippen molar-refractivity contribution >= 4 is 78.6 Å². The quantitative estimate of drug-likeness (QED) is 0.0865. The van der Waals surface area contributed by atoms with E-state index < -0.39 is 23.9 Å². The molecule has 3 N–H and O–H groups in total. The molecular formula is C31H29Br2IN4O7. The van der Waals surface area contributed by atoms with Gasteiger partial charge in [0.2, 0.25) is 0 Å². The third-order valence-corrected chi connectivity index (χ3v) is 8.16. The second-order valence-electron chi connectivity index (χ2n) is 9.50. The number of amides is 3. The average Bonchev–Trinajstić information content (AvgIpc) is 3.00. The van der Waals surface area contributed by atoms with Crippen molar-refractivity contribution in [2.75, 3.05) is 20.3 Å². The highest BCUT2D eigenvalue weighted by atomic mass is 127. The van der Waals surface area contributed by atoms with Crippen LogP contribution in [0, 0.1) is 3.57 Å². The van der Waals surface area contributed by atoms with Crippen LogP contribution >= 0.6 is 54.5 Å². The maximum Gasteiger partial charge on any atom is 0.338 e. The Hall–Kier alpha value is -3.63. The number of hydrazone groups is 1. The number of benzene rings is 3. The van der Waals surface area contributed by atoms with Crippen molar-refractivity contribution in [3.05, 3.63) is 95.1 Å². The summed E-state index contributed by atoms with van der Waals surface area (Å²) in [7, 11) is 1.44. The molecule has 3 aromatic rings. The van der Waals surface area contributed by atoms with Crippen LogP contribution in [0.15, 0.2) is 79.9 Å². The first-order valence-electron chi connectivity index (χ1n) is 13.5. The molecule has 0 bridgehead atoms. The van der Waals surface area contributed by atoms with Gasteiger partial charge in [0.1, 0.15) is 12.4 Å². The lowest BCUT2D eigenvalue weighted by atomic mass is 9.95. The van der Waals surface area contributed by atoms with Gasteiger partial charge in [-0.05, 0) is 84.0 Å². The smallest absolute Gasteiger partial charge is 0.338 e. The van der Waals surface area contributed by atoms with Crippen molar-refractivity contribution in [1.29, 1.82) is 0 Å². The molecule has 1 heterocycles. The molecule has 0 saturated carbocycles. The molecule has 0 saturated heterocycles. The zero-order valence-corrected chi connectivity index (χ0v) is 29.7. The molecule has 1 atom stereocenters. The van der Waals surface area contributed by atoms with Crippen LogP contribution in [0.25, 0.3) is 0 Å². The van der Waals surface area contributed by atoms with E-state index in [9.17, 15) is 14.4 Å². The van der Waals surface area contributed by atoms with Gasteiger partial charge in [-0.25, -0.2) is 15.0 Å². The largest absolute Gasteiger partial charge is 0.493 e. The zero-order valence-electron chi connectivity index (χ0n) is 24.4. The molecule has 1 aliphatic heterocycles. The van der Waals surface area contributed by atoms with Crippen LogP contribution in [-0.4, -0.2) is 44.4 Å². The van der Waals surface area contributed by atoms with E-state index in [1.807, 2.05) is 36.4 Å². The molecule has 0 aromatic heterocycles. The van der Waals surface area contributed by atoms with Gasteiger partial charge in [0.25, 0.3) is 5.91 Å². The highest BCUT2D eigenvalue weighted by Crippen LogP contribution is 2.35. The number of rotatable bonds is 12. The first-order chi connectivity index (χ1) is 21.6. The molecule has 0 spiro atoms. The van der Waals surface area contributed by atoms with Crippen LogP contribution in [0.1, 0.15) is 36.6 Å². The number of hydrogen-bond donors (Lipinski definition) is 3. The minimum atomic E-state index is -0.775. The van der Waals surface area contributed by atoms with Gasteiger partial charge in [0.15, 0.2) is 18.1 Å². The Bertz CT molecular complexity index is 1650. The van der Waals surface area contributed by atoms with Crippen molar-refractivity contribution < 1.29 is 33.3 Å². The lowest BCUT2D eigenvalue weighted by Crippen LogP contribution is -2.45. The Balaban J connectivity index is 1.41. The number of nitrogens with zero attached hydrogens (tertiary/aromatic N) is 1. The number of ether oxygens (including phenoxy) is 4. The second-order valence-corrected chi connectivity index (χ2v) is 12.5. The summed E-state index contributed by atoms with van der Waals surface area (Å²) < 4.78 is 25.1. The van der Waals surface area contributed by atoms with E-state index in [1.54, 1.807) is 32.0 Å². The van der Waals surface area contributed by atoms with E-state index in [0.29, 0.717) is 34.9 Å². The molecule has 3 aromatic carbocycles. The first kappa shape index (κ1) is 34.2. The number of halogens is 3. The fourth-order valence-electron chi connectivity index (χ4n) is 4.32. The highest BCUT2D eigenvalue weighted by molar-refractivity contribution is 14.1. The van der Waals surface area contributed by atoms with Crippen LogP contribution in [0.3, 0.4) is 0 Å². The van der Waals surface area contributed by atoms with Crippen molar-refractivity contribution in [2.45, 2.75) is 26.5 Å². The summed E-state index contributed by atoms with van der Waals surface area (Å²) in [6, 6.07) is 15.3. The summed E-state index contributed by atoms with van der Waals surface area (Å²) in [4.78, 5) is 37.4. The SMILES string of the molecule is CCOC(=O)C1=C(C)NC(=O)N[C@H]1c1ccc(OCC(=O)N/N=C/c2cc(Br)cc(I)c2OCc2ccc(Br)cc2)c(OC)c1. The summed E-state index contributed by atoms with van der Waals surface area (Å²) in [5.74, 6) is 0.151. The van der Waals surface area contributed by atoms with Crippen molar-refractivity contribution in [1.82, 2.24) is 16.1 Å². The fraction of sp³-hybridized carbons (Fsp3) is 0.226. The van der Waals surface area contributed by atoms with Crippen molar-refractivity contribution in [3.63, 3.8) is 0 Å². The van der Waals surface area contributed by atoms with E-state index in [2.05, 4.69) is 75.6 Å². The third-order valence-electron chi connectivity index (χ3n) is 6.37. The fourth-order valence-corrected chi connectivity index (χ4v) is 6.29. The predicted octanol–water partition coefficient (Wildman–Crippen LogP) is 6.12. The number of carbonyl (C=O) groups is 3. The van der Waals surface area contributed by atoms with Gasteiger partial charge >= 0.3 is 12.0 Å². The lowest BCUT2D eigenvalue weighted by Gasteiger charge is -2.28. The van der Waals surface area contributed by atoms with Crippen molar-refractivity contribution in [2.24, 2.45) is 5.10 Å². The molecule has 0 radical (unpaired) electrons. The van der Waals surface area contributed by atoms with E-state index in [0.717, 1.165) is 18.1 Å². The summed E-state index contributed by atoms with van der Waals surface area (Å²) >= 11 is 9.11. The Morgan fingerprint density at radius 3 is 2.51 bits per heavy atom. The molecule has 4 rings (SSSR count). The minimum absolute atomic E-state index is 0.183. The molecule has 14 heteroatoms. The van der Waals surface area contributed by atoms with Crippen LogP contribution in [-0.2, 0) is 20.9 Å².